The fourth-order valence-corrected chi connectivity index (χ4v) is 3.97. The van der Waals surface area contributed by atoms with Gasteiger partial charge in [-0.2, -0.15) is 16.9 Å². The smallest absolute Gasteiger partial charge is 0.231 e. The number of thioether (sulfide) groups is 1. The first kappa shape index (κ1) is 15.4. The summed E-state index contributed by atoms with van der Waals surface area (Å²) in [6.07, 6.45) is 5.37. The van der Waals surface area contributed by atoms with Crippen LogP contribution in [0, 0.1) is 0 Å². The zero-order valence-corrected chi connectivity index (χ0v) is 13.5. The van der Waals surface area contributed by atoms with E-state index in [2.05, 4.69) is 16.9 Å². The number of aryl methyl sites for hydroxylation is 1. The lowest BCUT2D eigenvalue weighted by molar-refractivity contribution is -0.132. The second-order valence-corrected chi connectivity index (χ2v) is 7.04. The van der Waals surface area contributed by atoms with E-state index in [9.17, 15) is 4.79 Å². The molecule has 1 aliphatic rings. The van der Waals surface area contributed by atoms with Crippen molar-refractivity contribution in [1.82, 2.24) is 14.7 Å². The van der Waals surface area contributed by atoms with E-state index in [-0.39, 0.29) is 11.8 Å². The first-order valence-corrected chi connectivity index (χ1v) is 8.56. The summed E-state index contributed by atoms with van der Waals surface area (Å²) in [6, 6.07) is 1.94. The van der Waals surface area contributed by atoms with Gasteiger partial charge in [0.15, 0.2) is 0 Å². The number of hydrogen-bond acceptors (Lipinski definition) is 3. The maximum Gasteiger partial charge on any atom is 0.231 e. The minimum absolute atomic E-state index is 0.104. The van der Waals surface area contributed by atoms with Crippen molar-refractivity contribution in [3.63, 3.8) is 0 Å². The summed E-state index contributed by atoms with van der Waals surface area (Å²) in [5, 5.41) is 4.77. The molecule has 4 nitrogen and oxygen atoms in total. The van der Waals surface area contributed by atoms with Gasteiger partial charge in [0.25, 0.3) is 0 Å². The minimum atomic E-state index is -0.104. The van der Waals surface area contributed by atoms with Crippen LogP contribution < -0.4 is 0 Å². The maximum absolute atomic E-state index is 12.7. The summed E-state index contributed by atoms with van der Waals surface area (Å²) < 4.78 is 1.80. The Bertz CT molecular complexity index is 446. The van der Waals surface area contributed by atoms with E-state index < -0.39 is 0 Å². The molecule has 20 heavy (non-hydrogen) atoms. The quantitative estimate of drug-likeness (QED) is 0.857. The van der Waals surface area contributed by atoms with Gasteiger partial charge in [0.05, 0.1) is 11.6 Å². The Hall–Kier alpha value is -0.970. The molecule has 1 saturated heterocycles. The highest BCUT2D eigenvalue weighted by Gasteiger charge is 2.27. The number of carbonyl (C=O) groups is 1. The molecule has 0 radical (unpaired) electrons. The zero-order valence-electron chi connectivity index (χ0n) is 12.7. The second-order valence-electron chi connectivity index (χ2n) is 5.46. The van der Waals surface area contributed by atoms with Crippen LogP contribution in [-0.2, 0) is 11.8 Å². The topological polar surface area (TPSA) is 38.1 Å². The summed E-state index contributed by atoms with van der Waals surface area (Å²) in [7, 11) is 1.90. The van der Waals surface area contributed by atoms with Gasteiger partial charge in [-0.05, 0) is 31.6 Å². The number of aromatic nitrogens is 2. The highest BCUT2D eigenvalue weighted by atomic mass is 32.2. The third-order valence-corrected chi connectivity index (χ3v) is 5.20. The van der Waals surface area contributed by atoms with E-state index in [0.717, 1.165) is 31.0 Å². The Labute approximate surface area is 125 Å². The molecular formula is C15H25N3OS. The molecule has 1 amide bonds. The van der Waals surface area contributed by atoms with Gasteiger partial charge in [-0.3, -0.25) is 9.48 Å². The average Bonchev–Trinajstić information content (AvgIpc) is 2.72. The molecule has 1 aromatic heterocycles. The monoisotopic (exact) mass is 295 g/mol. The van der Waals surface area contributed by atoms with Crippen LogP contribution >= 0.6 is 11.8 Å². The van der Waals surface area contributed by atoms with Gasteiger partial charge in [0, 0.05) is 31.6 Å². The number of rotatable bonds is 4. The van der Waals surface area contributed by atoms with Crippen molar-refractivity contribution >= 4 is 17.7 Å². The van der Waals surface area contributed by atoms with E-state index in [0.29, 0.717) is 5.25 Å². The van der Waals surface area contributed by atoms with Crippen molar-refractivity contribution in [2.45, 2.75) is 44.3 Å². The van der Waals surface area contributed by atoms with Gasteiger partial charge in [0.2, 0.25) is 5.91 Å². The number of hydrogen-bond donors (Lipinski definition) is 0. The van der Waals surface area contributed by atoms with Gasteiger partial charge >= 0.3 is 0 Å². The summed E-state index contributed by atoms with van der Waals surface area (Å²) >= 11 is 1.99. The van der Waals surface area contributed by atoms with Gasteiger partial charge in [-0.15, -0.1) is 0 Å². The van der Waals surface area contributed by atoms with Crippen molar-refractivity contribution in [2.75, 3.05) is 18.8 Å². The molecule has 0 saturated carbocycles. The number of likely N-dealkylation sites (tertiary alicyclic amines) is 1. The van der Waals surface area contributed by atoms with E-state index in [1.54, 1.807) is 10.9 Å². The summed E-state index contributed by atoms with van der Waals surface area (Å²) in [4.78, 5) is 14.8. The van der Waals surface area contributed by atoms with E-state index in [4.69, 9.17) is 0 Å². The van der Waals surface area contributed by atoms with Crippen LogP contribution in [-0.4, -0.2) is 44.7 Å². The molecule has 112 valence electrons. The molecule has 0 aliphatic carbocycles. The largest absolute Gasteiger partial charge is 0.341 e. The lowest BCUT2D eigenvalue weighted by Gasteiger charge is -2.27. The molecule has 1 aromatic rings. The van der Waals surface area contributed by atoms with Gasteiger partial charge in [-0.1, -0.05) is 13.3 Å². The first-order valence-electron chi connectivity index (χ1n) is 7.51. The van der Waals surface area contributed by atoms with Crippen LogP contribution in [0.3, 0.4) is 0 Å². The summed E-state index contributed by atoms with van der Waals surface area (Å²) in [5.74, 6) is 1.27. The fourth-order valence-electron chi connectivity index (χ4n) is 2.88. The Morgan fingerprint density at radius 2 is 2.35 bits per heavy atom. The predicted molar refractivity (Wildman–Crippen MR) is 84.0 cm³/mol. The molecule has 0 bridgehead atoms. The molecule has 2 unspecified atom stereocenters. The Morgan fingerprint density at radius 1 is 1.55 bits per heavy atom. The van der Waals surface area contributed by atoms with Gasteiger partial charge in [-0.25, -0.2) is 0 Å². The van der Waals surface area contributed by atoms with Crippen molar-refractivity contribution in [1.29, 1.82) is 0 Å². The Balaban J connectivity index is 2.05. The van der Waals surface area contributed by atoms with E-state index in [1.807, 2.05) is 31.8 Å². The normalized spacial score (nSPS) is 21.6. The molecule has 1 aliphatic heterocycles. The second kappa shape index (κ2) is 7.16. The minimum Gasteiger partial charge on any atom is -0.341 e. The third kappa shape index (κ3) is 3.57. The number of carbonyl (C=O) groups excluding carboxylic acids is 1. The van der Waals surface area contributed by atoms with Gasteiger partial charge in [0.1, 0.15) is 0 Å². The van der Waals surface area contributed by atoms with Crippen LogP contribution in [0.25, 0.3) is 0 Å². The molecule has 2 rings (SSSR count). The SMILES string of the molecule is CCSC1CCCCN(C(=O)C(C)c2ccnn2C)C1. The van der Waals surface area contributed by atoms with E-state index >= 15 is 0 Å². The molecule has 0 spiro atoms. The first-order chi connectivity index (χ1) is 9.63. The van der Waals surface area contributed by atoms with Crippen LogP contribution in [0.15, 0.2) is 12.3 Å². The Morgan fingerprint density at radius 3 is 3.00 bits per heavy atom. The fraction of sp³-hybridized carbons (Fsp3) is 0.733. The number of nitrogens with zero attached hydrogens (tertiary/aromatic N) is 3. The highest BCUT2D eigenvalue weighted by Crippen LogP contribution is 2.25. The van der Waals surface area contributed by atoms with Crippen molar-refractivity contribution in [3.05, 3.63) is 18.0 Å². The zero-order chi connectivity index (χ0) is 14.5. The third-order valence-electron chi connectivity index (χ3n) is 4.02. The van der Waals surface area contributed by atoms with Gasteiger partial charge < -0.3 is 4.90 Å². The molecule has 2 heterocycles. The van der Waals surface area contributed by atoms with Crippen LogP contribution in [0.1, 0.15) is 44.7 Å². The number of amides is 1. The molecule has 1 fully saturated rings. The molecule has 0 N–H and O–H groups in total. The Kier molecular flexibility index (Phi) is 5.52. The predicted octanol–water partition coefficient (Wildman–Crippen LogP) is 2.66. The van der Waals surface area contributed by atoms with Crippen molar-refractivity contribution < 1.29 is 4.79 Å². The maximum atomic E-state index is 12.7. The lowest BCUT2D eigenvalue weighted by Crippen LogP contribution is -2.38. The van der Waals surface area contributed by atoms with Crippen LogP contribution in [0.4, 0.5) is 0 Å². The lowest BCUT2D eigenvalue weighted by atomic mass is 10.1. The molecule has 2 atom stereocenters. The standard InChI is InChI=1S/C15H25N3OS/c1-4-20-13-7-5-6-10-18(11-13)15(19)12(2)14-8-9-16-17(14)3/h8-9,12-13H,4-7,10-11H2,1-3H3. The average molecular weight is 295 g/mol. The molecule has 5 heteroatoms. The summed E-state index contributed by atoms with van der Waals surface area (Å²) in [5.41, 5.74) is 0.999. The molecule has 0 aromatic carbocycles. The summed E-state index contributed by atoms with van der Waals surface area (Å²) in [6.45, 7) is 5.99. The highest BCUT2D eigenvalue weighted by molar-refractivity contribution is 7.99. The van der Waals surface area contributed by atoms with Crippen molar-refractivity contribution in [2.24, 2.45) is 7.05 Å². The van der Waals surface area contributed by atoms with Crippen molar-refractivity contribution in [3.8, 4) is 0 Å². The molecular weight excluding hydrogens is 270 g/mol. The van der Waals surface area contributed by atoms with E-state index in [1.165, 1.54) is 12.8 Å². The van der Waals surface area contributed by atoms with Crippen LogP contribution in [0.5, 0.6) is 0 Å². The van der Waals surface area contributed by atoms with Crippen LogP contribution in [0.2, 0.25) is 0 Å².